The number of likely N-dealkylation sites (N-methyl/N-ethyl adjacent to an activating group) is 2. The van der Waals surface area contributed by atoms with Gasteiger partial charge >= 0.3 is 0 Å². The molecule has 0 N–H and O–H groups in total. The van der Waals surface area contributed by atoms with E-state index in [-0.39, 0.29) is 0 Å². The zero-order chi connectivity index (χ0) is 35.9. The Kier molecular flexibility index (Phi) is 11.6. The van der Waals surface area contributed by atoms with Crippen LogP contribution in [0.1, 0.15) is 33.4 Å². The number of ether oxygens (including phenoxy) is 4. The van der Waals surface area contributed by atoms with Crippen molar-refractivity contribution in [3.8, 4) is 11.5 Å². The van der Waals surface area contributed by atoms with Crippen molar-refractivity contribution in [1.82, 2.24) is 9.80 Å². The number of rotatable bonds is 14. The Morgan fingerprint density at radius 2 is 0.923 bits per heavy atom. The average Bonchev–Trinajstić information content (AvgIpc) is 3.40. The number of hydrogen-bond acceptors (Lipinski definition) is 8. The summed E-state index contributed by atoms with van der Waals surface area (Å²) in [5.74, 6) is 3.33. The standard InChI is InChI=1S/C44H44N2O4S2/c1-45(2)20-22-47-39-25-33-12-5-7-14-41(33)51-43-18-16-35(27-37(39)43)49-29-31-10-9-11-32(24-31)30-50-36-17-19-44-38(28-36)40(48-23-21-46(3)4)26-34-13-6-8-15-42(34)52-44/h5-19,24-28H,20-23,29-30H2,1-4H3. The van der Waals surface area contributed by atoms with Gasteiger partial charge in [0.05, 0.1) is 0 Å². The Hall–Kier alpha value is -4.60. The van der Waals surface area contributed by atoms with Gasteiger partial charge < -0.3 is 28.7 Å². The number of benzene rings is 5. The van der Waals surface area contributed by atoms with Gasteiger partial charge in [-0.25, -0.2) is 0 Å². The first-order valence-corrected chi connectivity index (χ1v) is 19.2. The van der Waals surface area contributed by atoms with Crippen LogP contribution in [0.3, 0.4) is 0 Å². The predicted molar refractivity (Wildman–Crippen MR) is 214 cm³/mol. The lowest BCUT2D eigenvalue weighted by atomic mass is 10.1. The van der Waals surface area contributed by atoms with Gasteiger partial charge in [-0.05, 0) is 117 Å². The molecule has 0 unspecified atom stereocenters. The highest BCUT2D eigenvalue weighted by Crippen LogP contribution is 2.43. The van der Waals surface area contributed by atoms with Crippen LogP contribution in [0.25, 0.3) is 23.7 Å². The molecule has 2 aliphatic heterocycles. The molecule has 0 atom stereocenters. The zero-order valence-corrected chi connectivity index (χ0v) is 31.8. The average molecular weight is 729 g/mol. The highest BCUT2D eigenvalue weighted by atomic mass is 32.2. The molecule has 8 heteroatoms. The maximum Gasteiger partial charge on any atom is 0.128 e. The smallest absolute Gasteiger partial charge is 0.128 e. The fourth-order valence-corrected chi connectivity index (χ4v) is 7.95. The van der Waals surface area contributed by atoms with E-state index in [4.69, 9.17) is 18.9 Å². The summed E-state index contributed by atoms with van der Waals surface area (Å²) in [6.07, 6.45) is 4.29. The molecule has 52 heavy (non-hydrogen) atoms. The van der Waals surface area contributed by atoms with Gasteiger partial charge in [-0.15, -0.1) is 0 Å². The second-order valence-electron chi connectivity index (χ2n) is 13.3. The predicted octanol–water partition coefficient (Wildman–Crippen LogP) is 9.93. The van der Waals surface area contributed by atoms with E-state index in [1.54, 1.807) is 23.5 Å². The van der Waals surface area contributed by atoms with Crippen molar-refractivity contribution in [1.29, 1.82) is 0 Å². The Balaban J connectivity index is 1.03. The lowest BCUT2D eigenvalue weighted by Gasteiger charge is -2.16. The summed E-state index contributed by atoms with van der Waals surface area (Å²) in [5, 5.41) is 0. The molecule has 0 aromatic heterocycles. The Morgan fingerprint density at radius 3 is 1.38 bits per heavy atom. The van der Waals surface area contributed by atoms with Crippen LogP contribution in [-0.2, 0) is 22.7 Å². The maximum absolute atomic E-state index is 6.38. The van der Waals surface area contributed by atoms with Crippen LogP contribution in [0.4, 0.5) is 0 Å². The van der Waals surface area contributed by atoms with Crippen LogP contribution in [-0.4, -0.2) is 64.3 Å². The monoisotopic (exact) mass is 728 g/mol. The lowest BCUT2D eigenvalue weighted by molar-refractivity contribution is 0.233. The second-order valence-corrected chi connectivity index (χ2v) is 15.5. The second kappa shape index (κ2) is 16.8. The van der Waals surface area contributed by atoms with Crippen LogP contribution in [0, 0.1) is 0 Å². The largest absolute Gasteiger partial charge is 0.492 e. The van der Waals surface area contributed by atoms with Crippen molar-refractivity contribution in [3.63, 3.8) is 0 Å². The van der Waals surface area contributed by atoms with Gasteiger partial charge in [0, 0.05) is 43.8 Å². The molecule has 266 valence electrons. The number of nitrogens with zero attached hydrogens (tertiary/aromatic N) is 2. The van der Waals surface area contributed by atoms with Gasteiger partial charge in [-0.2, -0.15) is 0 Å². The van der Waals surface area contributed by atoms with Gasteiger partial charge in [0.2, 0.25) is 0 Å². The summed E-state index contributed by atoms with van der Waals surface area (Å²) in [4.78, 5) is 8.98. The summed E-state index contributed by atoms with van der Waals surface area (Å²) >= 11 is 3.52. The third-order valence-corrected chi connectivity index (χ3v) is 11.0. The summed E-state index contributed by atoms with van der Waals surface area (Å²) in [6, 6.07) is 37.9. The van der Waals surface area contributed by atoms with E-state index in [1.165, 1.54) is 9.79 Å². The van der Waals surface area contributed by atoms with E-state index in [2.05, 4.69) is 147 Å². The van der Waals surface area contributed by atoms with Crippen LogP contribution in [0.15, 0.2) is 129 Å². The van der Waals surface area contributed by atoms with Gasteiger partial charge in [0.25, 0.3) is 0 Å². The van der Waals surface area contributed by atoms with Crippen LogP contribution < -0.4 is 9.47 Å². The number of hydrogen-bond donors (Lipinski definition) is 0. The summed E-state index contributed by atoms with van der Waals surface area (Å²) in [6.45, 7) is 3.76. The number of fused-ring (bicyclic) bond motifs is 4. The first-order valence-electron chi connectivity index (χ1n) is 17.5. The van der Waals surface area contributed by atoms with Crippen molar-refractivity contribution in [2.45, 2.75) is 32.8 Å². The topological polar surface area (TPSA) is 43.4 Å². The van der Waals surface area contributed by atoms with Crippen LogP contribution in [0.5, 0.6) is 11.5 Å². The van der Waals surface area contributed by atoms with Gasteiger partial charge in [0.1, 0.15) is 49.4 Å². The highest BCUT2D eigenvalue weighted by molar-refractivity contribution is 7.99. The molecule has 0 radical (unpaired) electrons. The molecular weight excluding hydrogens is 685 g/mol. The van der Waals surface area contributed by atoms with Crippen molar-refractivity contribution in [3.05, 3.63) is 143 Å². The molecule has 0 bridgehead atoms. The minimum atomic E-state index is 0.440. The van der Waals surface area contributed by atoms with Crippen LogP contribution in [0.2, 0.25) is 0 Å². The maximum atomic E-state index is 6.38. The third-order valence-electron chi connectivity index (χ3n) is 8.68. The quantitative estimate of drug-likeness (QED) is 0.112. The first kappa shape index (κ1) is 35.8. The Labute approximate surface area is 316 Å². The minimum absolute atomic E-state index is 0.440. The molecule has 2 heterocycles. The fraction of sp³-hybridized carbons (Fsp3) is 0.227. The van der Waals surface area contributed by atoms with Gasteiger partial charge in [0.15, 0.2) is 0 Å². The molecule has 0 saturated heterocycles. The molecule has 0 amide bonds. The Morgan fingerprint density at radius 1 is 0.462 bits per heavy atom. The molecule has 0 saturated carbocycles. The molecule has 0 aliphatic carbocycles. The van der Waals surface area contributed by atoms with Gasteiger partial charge in [-0.3, -0.25) is 0 Å². The van der Waals surface area contributed by atoms with Crippen molar-refractivity contribution in [2.24, 2.45) is 0 Å². The minimum Gasteiger partial charge on any atom is -0.492 e. The molecular formula is C44H44N2O4S2. The van der Waals surface area contributed by atoms with E-state index < -0.39 is 0 Å². The summed E-state index contributed by atoms with van der Waals surface area (Å²) in [5.41, 5.74) is 6.56. The normalized spacial score (nSPS) is 13.1. The summed E-state index contributed by atoms with van der Waals surface area (Å²) < 4.78 is 25.5. The third kappa shape index (κ3) is 9.06. The molecule has 6 nitrogen and oxygen atoms in total. The van der Waals surface area contributed by atoms with E-state index in [0.717, 1.165) is 79.3 Å². The summed E-state index contributed by atoms with van der Waals surface area (Å²) in [7, 11) is 8.23. The van der Waals surface area contributed by atoms with Crippen molar-refractivity contribution in [2.75, 3.05) is 54.5 Å². The van der Waals surface area contributed by atoms with E-state index in [0.29, 0.717) is 26.4 Å². The highest BCUT2D eigenvalue weighted by Gasteiger charge is 2.20. The molecule has 5 aromatic carbocycles. The molecule has 2 aliphatic rings. The molecule has 7 rings (SSSR count). The van der Waals surface area contributed by atoms with E-state index >= 15 is 0 Å². The first-order chi connectivity index (χ1) is 25.4. The van der Waals surface area contributed by atoms with Crippen molar-refractivity contribution < 1.29 is 18.9 Å². The van der Waals surface area contributed by atoms with Crippen LogP contribution >= 0.6 is 23.5 Å². The molecule has 0 fully saturated rings. The van der Waals surface area contributed by atoms with E-state index in [1.807, 2.05) is 12.1 Å². The molecule has 0 spiro atoms. The Bertz CT molecular complexity index is 1950. The van der Waals surface area contributed by atoms with Gasteiger partial charge in [-0.1, -0.05) is 78.1 Å². The fourth-order valence-electron chi connectivity index (χ4n) is 5.88. The van der Waals surface area contributed by atoms with Crippen molar-refractivity contribution >= 4 is 47.2 Å². The zero-order valence-electron chi connectivity index (χ0n) is 30.1. The lowest BCUT2D eigenvalue weighted by Crippen LogP contribution is -2.17. The van der Waals surface area contributed by atoms with E-state index in [9.17, 15) is 0 Å². The molecule has 5 aromatic rings. The SMILES string of the molecule is CN(C)CCOC1=Cc2ccccc2Sc2ccc(OCc3cccc(COc4ccc5c(c4)C(OCCN(C)C)=Cc4ccccc4S5)c3)cc21.